The van der Waals surface area contributed by atoms with Crippen molar-refractivity contribution >= 4 is 59.0 Å². The van der Waals surface area contributed by atoms with Gasteiger partial charge in [-0.25, -0.2) is 0 Å². The molecule has 3 N–H and O–H groups in total. The highest BCUT2D eigenvalue weighted by Gasteiger charge is 2.40. The zero-order chi connectivity index (χ0) is 17.7. The average Bonchev–Trinajstić information content (AvgIpc) is 3.11. The molecule has 0 saturated carbocycles. The van der Waals surface area contributed by atoms with E-state index in [1.165, 1.54) is 5.75 Å². The Kier molecular flexibility index (Phi) is 8.59. The van der Waals surface area contributed by atoms with E-state index in [9.17, 15) is 0 Å². The molecule has 2 saturated heterocycles. The number of nitrogens with two attached hydrogens (primary N) is 1. The van der Waals surface area contributed by atoms with Crippen molar-refractivity contribution in [1.82, 2.24) is 4.90 Å². The topological polar surface area (TPSA) is 72.1 Å². The Bertz CT molecular complexity index is 623. The molecule has 1 unspecified atom stereocenters. The summed E-state index contributed by atoms with van der Waals surface area (Å²) in [6.45, 7) is 4.24. The molecule has 1 aromatic rings. The summed E-state index contributed by atoms with van der Waals surface area (Å²) in [5.41, 5.74) is 7.00. The molecule has 146 valence electrons. The van der Waals surface area contributed by atoms with E-state index in [1.807, 2.05) is 17.8 Å². The van der Waals surface area contributed by atoms with Crippen LogP contribution in [0.5, 0.6) is 5.75 Å². The van der Waals surface area contributed by atoms with E-state index in [0.29, 0.717) is 23.3 Å². The highest BCUT2D eigenvalue weighted by Crippen LogP contribution is 2.34. The van der Waals surface area contributed by atoms with Crippen molar-refractivity contribution in [3.63, 3.8) is 0 Å². The van der Waals surface area contributed by atoms with Crippen molar-refractivity contribution in [3.8, 4) is 5.75 Å². The van der Waals surface area contributed by atoms with Gasteiger partial charge in [-0.3, -0.25) is 9.89 Å². The zero-order valence-corrected chi connectivity index (χ0v) is 18.8. The summed E-state index contributed by atoms with van der Waals surface area (Å²) in [5.74, 6) is 3.31. The van der Waals surface area contributed by atoms with Gasteiger partial charge in [-0.05, 0) is 30.4 Å². The van der Waals surface area contributed by atoms with Gasteiger partial charge in [0.2, 0.25) is 0 Å². The van der Waals surface area contributed by atoms with Crippen molar-refractivity contribution in [1.29, 1.82) is 0 Å². The first kappa shape index (κ1) is 21.9. The number of ether oxygens (including phenoxy) is 2. The zero-order valence-electron chi connectivity index (χ0n) is 14.9. The van der Waals surface area contributed by atoms with Gasteiger partial charge in [-0.2, -0.15) is 11.8 Å². The van der Waals surface area contributed by atoms with Crippen LogP contribution in [0.4, 0.5) is 5.69 Å². The maximum Gasteiger partial charge on any atom is 0.193 e. The molecule has 2 fully saturated rings. The van der Waals surface area contributed by atoms with Gasteiger partial charge in [-0.15, -0.1) is 24.0 Å². The number of hydrogen-bond acceptors (Lipinski definition) is 5. The standard InChI is InChI=1S/C17H25ClN4O2S.HI/c1-23-15-3-2-13(10-14(15)18)21-16(19)20-11-17(4-9-25-12-17)22-5-7-24-8-6-22;/h2-3,10H,4-9,11-12H2,1H3,(H3,19,20,21);1H. The van der Waals surface area contributed by atoms with Gasteiger partial charge < -0.3 is 20.5 Å². The Hall–Kier alpha value is -0.420. The maximum atomic E-state index is 6.15. The minimum Gasteiger partial charge on any atom is -0.495 e. The van der Waals surface area contributed by atoms with Gasteiger partial charge in [0, 0.05) is 24.5 Å². The summed E-state index contributed by atoms with van der Waals surface area (Å²) in [7, 11) is 1.59. The molecule has 1 atom stereocenters. The van der Waals surface area contributed by atoms with E-state index in [1.54, 1.807) is 19.2 Å². The maximum absolute atomic E-state index is 6.15. The Morgan fingerprint density at radius 2 is 2.23 bits per heavy atom. The Labute approximate surface area is 181 Å². The van der Waals surface area contributed by atoms with E-state index < -0.39 is 0 Å². The number of aliphatic imine (C=N–C) groups is 1. The monoisotopic (exact) mass is 512 g/mol. The molecule has 0 radical (unpaired) electrons. The highest BCUT2D eigenvalue weighted by atomic mass is 127. The minimum atomic E-state index is 0. The number of anilines is 1. The fourth-order valence-corrected chi connectivity index (χ4v) is 5.00. The fourth-order valence-electron chi connectivity index (χ4n) is 3.27. The summed E-state index contributed by atoms with van der Waals surface area (Å²) in [6, 6.07) is 5.46. The second-order valence-electron chi connectivity index (χ2n) is 6.30. The van der Waals surface area contributed by atoms with Gasteiger partial charge in [0.25, 0.3) is 0 Å². The summed E-state index contributed by atoms with van der Waals surface area (Å²) >= 11 is 8.14. The summed E-state index contributed by atoms with van der Waals surface area (Å²) in [6.07, 6.45) is 1.14. The first-order valence-electron chi connectivity index (χ1n) is 8.44. The summed E-state index contributed by atoms with van der Waals surface area (Å²) in [5, 5.41) is 3.66. The van der Waals surface area contributed by atoms with Crippen LogP contribution in [-0.2, 0) is 4.74 Å². The molecule has 0 amide bonds. The lowest BCUT2D eigenvalue weighted by atomic mass is 9.96. The lowest BCUT2D eigenvalue weighted by Gasteiger charge is -2.42. The first-order valence-corrected chi connectivity index (χ1v) is 9.97. The van der Waals surface area contributed by atoms with Gasteiger partial charge >= 0.3 is 0 Å². The molecule has 0 aliphatic carbocycles. The van der Waals surface area contributed by atoms with Crippen LogP contribution in [0.25, 0.3) is 0 Å². The average molecular weight is 513 g/mol. The predicted molar refractivity (Wildman–Crippen MR) is 121 cm³/mol. The van der Waals surface area contributed by atoms with Gasteiger partial charge in [0.05, 0.1) is 37.4 Å². The van der Waals surface area contributed by atoms with E-state index in [2.05, 4.69) is 15.2 Å². The molecule has 0 spiro atoms. The summed E-state index contributed by atoms with van der Waals surface area (Å²) < 4.78 is 10.7. The van der Waals surface area contributed by atoms with E-state index in [-0.39, 0.29) is 29.5 Å². The minimum absolute atomic E-state index is 0. The lowest BCUT2D eigenvalue weighted by Crippen LogP contribution is -2.56. The smallest absolute Gasteiger partial charge is 0.193 e. The fraction of sp³-hybridized carbons (Fsp3) is 0.588. The van der Waals surface area contributed by atoms with Crippen molar-refractivity contribution in [3.05, 3.63) is 23.2 Å². The normalized spacial score (nSPS) is 24.2. The molecule has 26 heavy (non-hydrogen) atoms. The number of benzene rings is 1. The van der Waals surface area contributed by atoms with Crippen LogP contribution in [0.15, 0.2) is 23.2 Å². The van der Waals surface area contributed by atoms with Crippen LogP contribution < -0.4 is 15.8 Å². The van der Waals surface area contributed by atoms with Crippen LogP contribution in [-0.4, -0.2) is 67.9 Å². The second kappa shape index (κ2) is 10.2. The third-order valence-electron chi connectivity index (χ3n) is 4.73. The molecule has 3 rings (SSSR count). The van der Waals surface area contributed by atoms with E-state index in [0.717, 1.165) is 44.2 Å². The number of morpholine rings is 1. The second-order valence-corrected chi connectivity index (χ2v) is 7.81. The number of thioether (sulfide) groups is 1. The largest absolute Gasteiger partial charge is 0.495 e. The van der Waals surface area contributed by atoms with Crippen LogP contribution in [0.2, 0.25) is 5.02 Å². The number of nitrogens with zero attached hydrogens (tertiary/aromatic N) is 2. The van der Waals surface area contributed by atoms with Crippen LogP contribution in [0, 0.1) is 0 Å². The third kappa shape index (κ3) is 5.31. The van der Waals surface area contributed by atoms with Crippen molar-refractivity contribution in [2.24, 2.45) is 10.7 Å². The molecule has 2 aliphatic rings. The molecule has 0 bridgehead atoms. The highest BCUT2D eigenvalue weighted by molar-refractivity contribution is 14.0. The van der Waals surface area contributed by atoms with Crippen molar-refractivity contribution < 1.29 is 9.47 Å². The van der Waals surface area contributed by atoms with E-state index >= 15 is 0 Å². The van der Waals surface area contributed by atoms with Crippen LogP contribution in [0.3, 0.4) is 0 Å². The molecule has 1 aromatic carbocycles. The molecule has 6 nitrogen and oxygen atoms in total. The number of rotatable bonds is 5. The van der Waals surface area contributed by atoms with Crippen LogP contribution >= 0.6 is 47.3 Å². The predicted octanol–water partition coefficient (Wildman–Crippen LogP) is 2.90. The molecule has 2 heterocycles. The number of nitrogens with one attached hydrogen (secondary N) is 1. The SMILES string of the molecule is COc1ccc(NC(N)=NCC2(N3CCOCC3)CCSC2)cc1Cl.I. The lowest BCUT2D eigenvalue weighted by molar-refractivity contribution is -0.0104. The summed E-state index contributed by atoms with van der Waals surface area (Å²) in [4.78, 5) is 7.16. The quantitative estimate of drug-likeness (QED) is 0.359. The molecule has 2 aliphatic heterocycles. The molecular weight excluding hydrogens is 487 g/mol. The van der Waals surface area contributed by atoms with Gasteiger partial charge in [0.1, 0.15) is 5.75 Å². The van der Waals surface area contributed by atoms with E-state index in [4.69, 9.17) is 26.8 Å². The van der Waals surface area contributed by atoms with Gasteiger partial charge in [-0.1, -0.05) is 11.6 Å². The van der Waals surface area contributed by atoms with Crippen molar-refractivity contribution in [2.45, 2.75) is 12.0 Å². The number of guanidine groups is 1. The third-order valence-corrected chi connectivity index (χ3v) is 6.26. The molecular formula is C17H26ClIN4O2S. The first-order chi connectivity index (χ1) is 12.1. The number of methoxy groups -OCH3 is 1. The number of hydrogen-bond donors (Lipinski definition) is 2. The molecule has 9 heteroatoms. The Balaban J connectivity index is 0.00000243. The Morgan fingerprint density at radius 1 is 1.46 bits per heavy atom. The number of halogens is 2. The van der Waals surface area contributed by atoms with Crippen molar-refractivity contribution in [2.75, 3.05) is 56.8 Å². The van der Waals surface area contributed by atoms with Crippen LogP contribution in [0.1, 0.15) is 6.42 Å². The Morgan fingerprint density at radius 3 is 2.85 bits per heavy atom. The molecule has 0 aromatic heterocycles. The van der Waals surface area contributed by atoms with Gasteiger partial charge in [0.15, 0.2) is 5.96 Å².